The smallest absolute Gasteiger partial charge is 0.0318 e. The van der Waals surface area contributed by atoms with E-state index in [1.54, 1.807) is 0 Å². The van der Waals surface area contributed by atoms with Gasteiger partial charge in [0.05, 0.1) is 0 Å². The molecule has 0 radical (unpaired) electrons. The lowest BCUT2D eigenvalue weighted by molar-refractivity contribution is 0.173. The first kappa shape index (κ1) is 17.7. The third kappa shape index (κ3) is 5.55. The number of nitrogens with zero attached hydrogens (tertiary/aromatic N) is 1. The normalized spacial score (nSPS) is 13.4. The van der Waals surface area contributed by atoms with Crippen LogP contribution in [0.2, 0.25) is 0 Å². The minimum atomic E-state index is 0.448. The lowest BCUT2D eigenvalue weighted by Crippen LogP contribution is -2.42. The second-order valence-corrected chi connectivity index (χ2v) is 6.81. The van der Waals surface area contributed by atoms with Crippen LogP contribution < -0.4 is 5.32 Å². The molecule has 0 heterocycles. The second kappa shape index (κ2) is 8.81. The van der Waals surface area contributed by atoms with Crippen molar-refractivity contribution < 1.29 is 0 Å². The van der Waals surface area contributed by atoms with Crippen molar-refractivity contribution in [2.75, 3.05) is 13.1 Å². The van der Waals surface area contributed by atoms with Crippen LogP contribution in [0.25, 0.3) is 0 Å². The molecule has 0 spiro atoms. The third-order valence-corrected chi connectivity index (χ3v) is 4.30. The van der Waals surface area contributed by atoms with Gasteiger partial charge >= 0.3 is 0 Å². The quantitative estimate of drug-likeness (QED) is 0.743. The number of halogens is 1. The van der Waals surface area contributed by atoms with Crippen LogP contribution in [-0.4, -0.2) is 30.1 Å². The molecule has 0 aliphatic rings. The van der Waals surface area contributed by atoms with Crippen LogP contribution >= 0.6 is 15.9 Å². The fourth-order valence-electron chi connectivity index (χ4n) is 2.67. The average molecular weight is 341 g/mol. The van der Waals surface area contributed by atoms with Crippen molar-refractivity contribution in [2.24, 2.45) is 0 Å². The maximum atomic E-state index is 3.69. The largest absolute Gasteiger partial charge is 0.309 e. The van der Waals surface area contributed by atoms with E-state index in [-0.39, 0.29) is 0 Å². The molecule has 0 aliphatic carbocycles. The lowest BCUT2D eigenvalue weighted by Gasteiger charge is -2.31. The Morgan fingerprint density at radius 3 is 2.05 bits per heavy atom. The Kier molecular flexibility index (Phi) is 7.78. The molecule has 0 bridgehead atoms. The summed E-state index contributed by atoms with van der Waals surface area (Å²) in [6, 6.07) is 10.3. The minimum absolute atomic E-state index is 0.448. The number of benzene rings is 1. The summed E-state index contributed by atoms with van der Waals surface area (Å²) in [4.78, 5) is 2.53. The molecule has 0 saturated carbocycles. The standard InChI is InChI=1S/C17H29BrN2/c1-6-17(15-7-9-16(18)10-8-15)19-11-12-20(13(2)3)14(4)5/h7-10,13-14,17,19H,6,11-12H2,1-5H3. The van der Waals surface area contributed by atoms with Gasteiger partial charge in [-0.1, -0.05) is 35.0 Å². The van der Waals surface area contributed by atoms with Crippen LogP contribution in [0, 0.1) is 0 Å². The summed E-state index contributed by atoms with van der Waals surface area (Å²) in [5.41, 5.74) is 1.37. The molecule has 1 N–H and O–H groups in total. The van der Waals surface area contributed by atoms with Gasteiger partial charge in [-0.25, -0.2) is 0 Å². The van der Waals surface area contributed by atoms with Gasteiger partial charge in [0.15, 0.2) is 0 Å². The number of nitrogens with one attached hydrogen (secondary N) is 1. The highest BCUT2D eigenvalue weighted by atomic mass is 79.9. The zero-order valence-electron chi connectivity index (χ0n) is 13.5. The van der Waals surface area contributed by atoms with Gasteiger partial charge in [0.2, 0.25) is 0 Å². The molecule has 0 amide bonds. The van der Waals surface area contributed by atoms with Crippen LogP contribution in [-0.2, 0) is 0 Å². The molecule has 20 heavy (non-hydrogen) atoms. The summed E-state index contributed by atoms with van der Waals surface area (Å²) in [5.74, 6) is 0. The van der Waals surface area contributed by atoms with Gasteiger partial charge in [0.1, 0.15) is 0 Å². The van der Waals surface area contributed by atoms with Crippen molar-refractivity contribution in [2.45, 2.75) is 59.2 Å². The molecule has 2 nitrogen and oxygen atoms in total. The molecule has 0 saturated heterocycles. The Morgan fingerprint density at radius 1 is 1.05 bits per heavy atom. The van der Waals surface area contributed by atoms with E-state index in [1.165, 1.54) is 5.56 Å². The van der Waals surface area contributed by atoms with Gasteiger partial charge in [-0.05, 0) is 51.8 Å². The fraction of sp³-hybridized carbons (Fsp3) is 0.647. The molecule has 0 aliphatic heterocycles. The second-order valence-electron chi connectivity index (χ2n) is 5.89. The van der Waals surface area contributed by atoms with E-state index in [2.05, 4.69) is 85.0 Å². The molecule has 1 atom stereocenters. The lowest BCUT2D eigenvalue weighted by atomic mass is 10.0. The highest BCUT2D eigenvalue weighted by molar-refractivity contribution is 9.10. The predicted octanol–water partition coefficient (Wildman–Crippen LogP) is 4.61. The minimum Gasteiger partial charge on any atom is -0.309 e. The molecule has 3 heteroatoms. The van der Waals surface area contributed by atoms with Gasteiger partial charge in [-0.2, -0.15) is 0 Å². The van der Waals surface area contributed by atoms with Gasteiger partial charge in [0.25, 0.3) is 0 Å². The van der Waals surface area contributed by atoms with Crippen molar-refractivity contribution in [1.82, 2.24) is 10.2 Å². The Labute approximate surface area is 133 Å². The van der Waals surface area contributed by atoms with Crippen LogP contribution in [0.1, 0.15) is 52.6 Å². The topological polar surface area (TPSA) is 15.3 Å². The first-order chi connectivity index (χ1) is 9.45. The van der Waals surface area contributed by atoms with Crippen LogP contribution in [0.3, 0.4) is 0 Å². The summed E-state index contributed by atoms with van der Waals surface area (Å²) >= 11 is 3.49. The van der Waals surface area contributed by atoms with Gasteiger partial charge in [-0.15, -0.1) is 0 Å². The van der Waals surface area contributed by atoms with Crippen LogP contribution in [0.5, 0.6) is 0 Å². The van der Waals surface area contributed by atoms with Gasteiger partial charge < -0.3 is 5.32 Å². The summed E-state index contributed by atoms with van der Waals surface area (Å²) in [7, 11) is 0. The van der Waals surface area contributed by atoms with E-state index in [0.717, 1.165) is 24.0 Å². The maximum Gasteiger partial charge on any atom is 0.0318 e. The molecule has 0 fully saturated rings. The van der Waals surface area contributed by atoms with E-state index in [1.807, 2.05) is 0 Å². The van der Waals surface area contributed by atoms with E-state index in [9.17, 15) is 0 Å². The molecule has 1 aromatic rings. The van der Waals surface area contributed by atoms with E-state index in [4.69, 9.17) is 0 Å². The van der Waals surface area contributed by atoms with Crippen LogP contribution in [0.15, 0.2) is 28.7 Å². The predicted molar refractivity (Wildman–Crippen MR) is 92.2 cm³/mol. The van der Waals surface area contributed by atoms with E-state index < -0.39 is 0 Å². The Morgan fingerprint density at radius 2 is 1.60 bits per heavy atom. The summed E-state index contributed by atoms with van der Waals surface area (Å²) in [5, 5.41) is 3.69. The van der Waals surface area contributed by atoms with Gasteiger partial charge in [0, 0.05) is 35.7 Å². The summed E-state index contributed by atoms with van der Waals surface area (Å²) in [6.45, 7) is 13.5. The van der Waals surface area contributed by atoms with Crippen molar-refractivity contribution in [3.8, 4) is 0 Å². The van der Waals surface area contributed by atoms with Crippen molar-refractivity contribution in [1.29, 1.82) is 0 Å². The van der Waals surface area contributed by atoms with Crippen molar-refractivity contribution >= 4 is 15.9 Å². The molecule has 1 aromatic carbocycles. The molecule has 1 unspecified atom stereocenters. The van der Waals surface area contributed by atoms with E-state index in [0.29, 0.717) is 18.1 Å². The first-order valence-corrected chi connectivity index (χ1v) is 8.49. The zero-order chi connectivity index (χ0) is 15.1. The Balaban J connectivity index is 2.51. The van der Waals surface area contributed by atoms with E-state index >= 15 is 0 Å². The molecule has 0 aromatic heterocycles. The highest BCUT2D eigenvalue weighted by Crippen LogP contribution is 2.19. The SMILES string of the molecule is CCC(NCCN(C(C)C)C(C)C)c1ccc(Br)cc1. The zero-order valence-corrected chi connectivity index (χ0v) is 15.1. The summed E-state index contributed by atoms with van der Waals surface area (Å²) < 4.78 is 1.14. The van der Waals surface area contributed by atoms with Gasteiger partial charge in [-0.3, -0.25) is 4.90 Å². The number of hydrogen-bond donors (Lipinski definition) is 1. The Hall–Kier alpha value is -0.380. The first-order valence-electron chi connectivity index (χ1n) is 7.70. The van der Waals surface area contributed by atoms with Crippen LogP contribution in [0.4, 0.5) is 0 Å². The number of rotatable bonds is 8. The maximum absolute atomic E-state index is 3.69. The molecule has 1 rings (SSSR count). The monoisotopic (exact) mass is 340 g/mol. The highest BCUT2D eigenvalue weighted by Gasteiger charge is 2.14. The molecule has 114 valence electrons. The molecular formula is C17H29BrN2. The fourth-order valence-corrected chi connectivity index (χ4v) is 2.94. The van der Waals surface area contributed by atoms with Crippen molar-refractivity contribution in [3.63, 3.8) is 0 Å². The Bertz CT molecular complexity index is 365. The number of hydrogen-bond acceptors (Lipinski definition) is 2. The third-order valence-electron chi connectivity index (χ3n) is 3.77. The summed E-state index contributed by atoms with van der Waals surface area (Å²) in [6.07, 6.45) is 1.12. The van der Waals surface area contributed by atoms with Crippen molar-refractivity contribution in [3.05, 3.63) is 34.3 Å². The average Bonchev–Trinajstić information content (AvgIpc) is 2.39. The molecular weight excluding hydrogens is 312 g/mol.